The molecule has 0 radical (unpaired) electrons. The van der Waals surface area contributed by atoms with Crippen LogP contribution in [-0.4, -0.2) is 16.1 Å². The highest BCUT2D eigenvalue weighted by Crippen LogP contribution is 2.35. The molecule has 1 unspecified atom stereocenters. The molecule has 2 aromatic heterocycles. The quantitative estimate of drug-likeness (QED) is 0.895. The summed E-state index contributed by atoms with van der Waals surface area (Å²) in [6.07, 6.45) is 1.12. The lowest BCUT2D eigenvalue weighted by molar-refractivity contribution is 0.538. The van der Waals surface area contributed by atoms with E-state index in [2.05, 4.69) is 61.0 Å². The zero-order chi connectivity index (χ0) is 14.8. The molecule has 0 aliphatic carbocycles. The predicted molar refractivity (Wildman–Crippen MR) is 87.8 cm³/mol. The monoisotopic (exact) mass is 309 g/mol. The van der Waals surface area contributed by atoms with E-state index < -0.39 is 0 Å². The van der Waals surface area contributed by atoms with E-state index in [0.717, 1.165) is 18.7 Å². The third-order valence-electron chi connectivity index (χ3n) is 3.17. The highest BCUT2D eigenvalue weighted by atomic mass is 32.1. The van der Waals surface area contributed by atoms with Crippen molar-refractivity contribution in [3.63, 3.8) is 0 Å². The van der Waals surface area contributed by atoms with Gasteiger partial charge in [-0.2, -0.15) is 0 Å². The van der Waals surface area contributed by atoms with Crippen molar-refractivity contribution >= 4 is 22.9 Å². The zero-order valence-corrected chi connectivity index (χ0v) is 14.5. The molecule has 110 valence electrons. The third kappa shape index (κ3) is 3.45. The minimum atomic E-state index is 0.0273. The van der Waals surface area contributed by atoms with E-state index in [4.69, 9.17) is 0 Å². The fraction of sp³-hybridized carbons (Fsp3) is 0.600. The van der Waals surface area contributed by atoms with Gasteiger partial charge in [0.05, 0.1) is 16.6 Å². The Hall–Kier alpha value is -0.780. The van der Waals surface area contributed by atoms with Gasteiger partial charge in [-0.15, -0.1) is 16.4 Å². The molecule has 0 aromatic carbocycles. The van der Waals surface area contributed by atoms with E-state index in [0.29, 0.717) is 0 Å². The Bertz CT molecular complexity index is 551. The Morgan fingerprint density at radius 1 is 1.35 bits per heavy atom. The minimum absolute atomic E-state index is 0.0273. The molecule has 0 spiro atoms. The lowest BCUT2D eigenvalue weighted by Crippen LogP contribution is -2.25. The average Bonchev–Trinajstić information content (AvgIpc) is 2.98. The van der Waals surface area contributed by atoms with Crippen LogP contribution >= 0.6 is 22.9 Å². The summed E-state index contributed by atoms with van der Waals surface area (Å²) < 4.78 is 4.20. The number of hydrogen-bond donors (Lipinski definition) is 1. The molecule has 0 saturated carbocycles. The summed E-state index contributed by atoms with van der Waals surface area (Å²) in [5.41, 5.74) is 2.47. The molecule has 1 atom stereocenters. The van der Waals surface area contributed by atoms with Crippen LogP contribution in [0.2, 0.25) is 0 Å². The molecule has 2 aromatic rings. The molecule has 0 amide bonds. The minimum Gasteiger partial charge on any atom is -0.305 e. The Kier molecular flexibility index (Phi) is 4.94. The Balaban J connectivity index is 2.39. The largest absolute Gasteiger partial charge is 0.305 e. The number of nitrogens with one attached hydrogen (secondary N) is 1. The first kappa shape index (κ1) is 15.6. The molecule has 2 heterocycles. The van der Waals surface area contributed by atoms with Gasteiger partial charge < -0.3 is 5.32 Å². The summed E-state index contributed by atoms with van der Waals surface area (Å²) in [5.74, 6) is 0. The lowest BCUT2D eigenvalue weighted by atomic mass is 9.89. The smallest absolute Gasteiger partial charge is 0.0860 e. The van der Waals surface area contributed by atoms with Crippen molar-refractivity contribution in [2.75, 3.05) is 6.54 Å². The summed E-state index contributed by atoms with van der Waals surface area (Å²) in [4.78, 5) is 2.60. The summed E-state index contributed by atoms with van der Waals surface area (Å²) in [6.45, 7) is 11.9. The van der Waals surface area contributed by atoms with Crippen molar-refractivity contribution < 1.29 is 0 Å². The molecule has 2 rings (SSSR count). The van der Waals surface area contributed by atoms with Crippen molar-refractivity contribution in [2.24, 2.45) is 0 Å². The van der Waals surface area contributed by atoms with Crippen molar-refractivity contribution in [3.8, 4) is 0 Å². The van der Waals surface area contributed by atoms with Gasteiger partial charge in [-0.3, -0.25) is 0 Å². The second-order valence-corrected chi connectivity index (χ2v) is 8.01. The number of aromatic nitrogens is 2. The number of rotatable bonds is 5. The van der Waals surface area contributed by atoms with Gasteiger partial charge in [-0.05, 0) is 48.4 Å². The van der Waals surface area contributed by atoms with E-state index in [9.17, 15) is 0 Å². The fourth-order valence-electron chi connectivity index (χ4n) is 2.17. The molecule has 1 N–H and O–H groups in total. The Labute approximate surface area is 129 Å². The number of hydrogen-bond acceptors (Lipinski definition) is 5. The molecule has 0 aliphatic heterocycles. The highest BCUT2D eigenvalue weighted by Gasteiger charge is 2.28. The second kappa shape index (κ2) is 6.33. The van der Waals surface area contributed by atoms with Crippen molar-refractivity contribution in [3.05, 3.63) is 32.5 Å². The molecule has 20 heavy (non-hydrogen) atoms. The lowest BCUT2D eigenvalue weighted by Gasteiger charge is -2.22. The maximum atomic E-state index is 4.38. The molecule has 0 saturated heterocycles. The van der Waals surface area contributed by atoms with E-state index in [1.807, 2.05) is 0 Å². The van der Waals surface area contributed by atoms with Crippen molar-refractivity contribution in [1.82, 2.24) is 14.9 Å². The van der Waals surface area contributed by atoms with Crippen LogP contribution < -0.4 is 5.32 Å². The van der Waals surface area contributed by atoms with Gasteiger partial charge in [0.2, 0.25) is 0 Å². The first-order valence-electron chi connectivity index (χ1n) is 7.04. The van der Waals surface area contributed by atoms with Crippen LogP contribution in [0, 0.1) is 6.92 Å². The predicted octanol–water partition coefficient (Wildman–Crippen LogP) is 4.29. The summed E-state index contributed by atoms with van der Waals surface area (Å²) in [6, 6.07) is 2.48. The summed E-state index contributed by atoms with van der Waals surface area (Å²) in [7, 11) is 0. The van der Waals surface area contributed by atoms with E-state index >= 15 is 0 Å². The van der Waals surface area contributed by atoms with Gasteiger partial charge in [0.15, 0.2) is 0 Å². The number of nitrogens with zero attached hydrogens (tertiary/aromatic N) is 2. The summed E-state index contributed by atoms with van der Waals surface area (Å²) >= 11 is 3.32. The first-order chi connectivity index (χ1) is 9.43. The Morgan fingerprint density at radius 2 is 2.10 bits per heavy atom. The number of thiophene rings is 1. The van der Waals surface area contributed by atoms with Crippen LogP contribution in [0.15, 0.2) is 11.4 Å². The SMILES string of the molecule is CCCNC(c1csc(C)c1)c1snnc1C(C)(C)C. The average molecular weight is 310 g/mol. The zero-order valence-electron chi connectivity index (χ0n) is 12.9. The highest BCUT2D eigenvalue weighted by molar-refractivity contribution is 7.10. The standard InChI is InChI=1S/C15H23N3S2/c1-6-7-16-12(11-8-10(2)19-9-11)13-14(15(3,4)5)17-18-20-13/h8-9,12,16H,6-7H2,1-5H3. The molecule has 0 bridgehead atoms. The van der Waals surface area contributed by atoms with E-state index in [-0.39, 0.29) is 11.5 Å². The van der Waals surface area contributed by atoms with Gasteiger partial charge in [0, 0.05) is 10.3 Å². The van der Waals surface area contributed by atoms with Gasteiger partial charge in [-0.1, -0.05) is 32.2 Å². The van der Waals surface area contributed by atoms with Crippen LogP contribution in [0.3, 0.4) is 0 Å². The molecule has 5 heteroatoms. The topological polar surface area (TPSA) is 37.8 Å². The van der Waals surface area contributed by atoms with Crippen LogP contribution in [-0.2, 0) is 5.41 Å². The summed E-state index contributed by atoms with van der Waals surface area (Å²) in [5, 5.41) is 10.3. The van der Waals surface area contributed by atoms with Gasteiger partial charge in [0.25, 0.3) is 0 Å². The molecule has 0 fully saturated rings. The van der Waals surface area contributed by atoms with E-state index in [1.165, 1.54) is 26.9 Å². The van der Waals surface area contributed by atoms with Gasteiger partial charge in [0.1, 0.15) is 0 Å². The molecular weight excluding hydrogens is 286 g/mol. The second-order valence-electron chi connectivity index (χ2n) is 6.11. The van der Waals surface area contributed by atoms with Crippen molar-refractivity contribution in [2.45, 2.75) is 52.5 Å². The maximum absolute atomic E-state index is 4.38. The van der Waals surface area contributed by atoms with Crippen LogP contribution in [0.25, 0.3) is 0 Å². The molecule has 0 aliphatic rings. The molecule has 3 nitrogen and oxygen atoms in total. The van der Waals surface area contributed by atoms with Gasteiger partial charge in [-0.25, -0.2) is 0 Å². The van der Waals surface area contributed by atoms with Crippen molar-refractivity contribution in [1.29, 1.82) is 0 Å². The van der Waals surface area contributed by atoms with E-state index in [1.54, 1.807) is 11.3 Å². The van der Waals surface area contributed by atoms with Crippen LogP contribution in [0.1, 0.15) is 61.2 Å². The normalized spacial score (nSPS) is 13.7. The molecular formula is C15H23N3S2. The maximum Gasteiger partial charge on any atom is 0.0860 e. The Morgan fingerprint density at radius 3 is 2.65 bits per heavy atom. The fourth-order valence-corrected chi connectivity index (χ4v) is 3.87. The van der Waals surface area contributed by atoms with Crippen LogP contribution in [0.4, 0.5) is 0 Å². The number of aryl methyl sites for hydroxylation is 1. The van der Waals surface area contributed by atoms with Gasteiger partial charge >= 0.3 is 0 Å². The first-order valence-corrected chi connectivity index (χ1v) is 8.70. The third-order valence-corrected chi connectivity index (χ3v) is 4.84. The van der Waals surface area contributed by atoms with Crippen LogP contribution in [0.5, 0.6) is 0 Å².